The van der Waals surface area contributed by atoms with Crippen molar-refractivity contribution in [2.45, 2.75) is 32.9 Å². The first-order chi connectivity index (χ1) is 8.45. The highest BCUT2D eigenvalue weighted by Crippen LogP contribution is 2.31. The number of thiol groups is 1. The van der Waals surface area contributed by atoms with Crippen molar-refractivity contribution < 1.29 is 13.5 Å². The zero-order valence-electron chi connectivity index (χ0n) is 10.6. The molecule has 2 N–H and O–H groups in total. The Labute approximate surface area is 112 Å². The number of hydrogen-bond donors (Lipinski definition) is 2. The van der Waals surface area contributed by atoms with E-state index in [2.05, 4.69) is 12.6 Å². The first-order valence-corrected chi connectivity index (χ1v) is 6.44. The molecule has 1 rings (SSSR count). The summed E-state index contributed by atoms with van der Waals surface area (Å²) in [7, 11) is 0. The Bertz CT molecular complexity index is 388. The molecule has 0 fully saturated rings. The molecule has 0 aliphatic heterocycles. The van der Waals surface area contributed by atoms with Crippen LogP contribution < -0.4 is 5.73 Å². The molecule has 0 radical (unpaired) electrons. The number of ether oxygens (including phenoxy) is 1. The standard InChI is InChI=1S/C13H19F2NOS/c1-8(2)3-4-17-13-10(14)5-9(6-11(13)15)12(16)7-18/h5,7-8,11,18H,3-4,6,16H2,1-2H3/b12-7-. The van der Waals surface area contributed by atoms with Gasteiger partial charge < -0.3 is 10.5 Å². The zero-order valence-corrected chi connectivity index (χ0v) is 11.5. The fourth-order valence-electron chi connectivity index (χ4n) is 1.57. The minimum Gasteiger partial charge on any atom is -0.492 e. The van der Waals surface area contributed by atoms with Crippen LogP contribution in [0.4, 0.5) is 8.78 Å². The Balaban J connectivity index is 2.75. The summed E-state index contributed by atoms with van der Waals surface area (Å²) >= 11 is 3.87. The van der Waals surface area contributed by atoms with Gasteiger partial charge in [-0.15, -0.1) is 12.6 Å². The van der Waals surface area contributed by atoms with Crippen LogP contribution in [0.15, 0.2) is 34.3 Å². The molecule has 1 atom stereocenters. The van der Waals surface area contributed by atoms with Gasteiger partial charge in [0.25, 0.3) is 0 Å². The van der Waals surface area contributed by atoms with Crippen LogP contribution in [0, 0.1) is 5.92 Å². The fraction of sp³-hybridized carbons (Fsp3) is 0.538. The molecule has 5 heteroatoms. The molecule has 1 aliphatic carbocycles. The minimum atomic E-state index is -1.48. The van der Waals surface area contributed by atoms with Crippen LogP contribution in [0.1, 0.15) is 26.7 Å². The zero-order chi connectivity index (χ0) is 13.7. The molecule has 0 saturated heterocycles. The lowest BCUT2D eigenvalue weighted by Gasteiger charge is -2.21. The van der Waals surface area contributed by atoms with Crippen molar-refractivity contribution in [2.24, 2.45) is 11.7 Å². The van der Waals surface area contributed by atoms with Crippen molar-refractivity contribution in [2.75, 3.05) is 6.61 Å². The monoisotopic (exact) mass is 275 g/mol. The number of allylic oxidation sites excluding steroid dienone is 4. The SMILES string of the molecule is CC(C)CCOC1=C(F)C=C(/C(N)=C/S)CC1F. The lowest BCUT2D eigenvalue weighted by molar-refractivity contribution is 0.134. The second-order valence-electron chi connectivity index (χ2n) is 4.67. The average molecular weight is 275 g/mol. The molecule has 0 saturated carbocycles. The quantitative estimate of drug-likeness (QED) is 0.752. The van der Waals surface area contributed by atoms with Crippen LogP contribution in [-0.2, 0) is 4.74 Å². The predicted octanol–water partition coefficient (Wildman–Crippen LogP) is 3.63. The van der Waals surface area contributed by atoms with Gasteiger partial charge in [0.1, 0.15) is 0 Å². The molecule has 2 nitrogen and oxygen atoms in total. The van der Waals surface area contributed by atoms with Gasteiger partial charge in [0, 0.05) is 12.1 Å². The van der Waals surface area contributed by atoms with Crippen molar-refractivity contribution in [3.8, 4) is 0 Å². The molecule has 0 aromatic rings. The van der Waals surface area contributed by atoms with E-state index < -0.39 is 12.0 Å². The van der Waals surface area contributed by atoms with Crippen LogP contribution >= 0.6 is 12.6 Å². The van der Waals surface area contributed by atoms with Gasteiger partial charge in [-0.1, -0.05) is 13.8 Å². The summed E-state index contributed by atoms with van der Waals surface area (Å²) in [5.41, 5.74) is 6.26. The van der Waals surface area contributed by atoms with Gasteiger partial charge in [-0.2, -0.15) is 0 Å². The summed E-state index contributed by atoms with van der Waals surface area (Å²) < 4.78 is 32.7. The van der Waals surface area contributed by atoms with E-state index in [1.807, 2.05) is 13.8 Å². The van der Waals surface area contributed by atoms with E-state index in [0.717, 1.165) is 6.42 Å². The molecule has 0 bridgehead atoms. The maximum Gasteiger partial charge on any atom is 0.166 e. The van der Waals surface area contributed by atoms with E-state index in [-0.39, 0.29) is 17.9 Å². The molecule has 1 unspecified atom stereocenters. The second-order valence-corrected chi connectivity index (χ2v) is 4.93. The normalized spacial score (nSPS) is 21.3. The Morgan fingerprint density at radius 1 is 1.67 bits per heavy atom. The summed E-state index contributed by atoms with van der Waals surface area (Å²) in [4.78, 5) is 0. The minimum absolute atomic E-state index is 0.0212. The van der Waals surface area contributed by atoms with Crippen molar-refractivity contribution in [3.05, 3.63) is 34.3 Å². The van der Waals surface area contributed by atoms with Crippen LogP contribution in [-0.4, -0.2) is 12.8 Å². The third-order valence-electron chi connectivity index (χ3n) is 2.68. The van der Waals surface area contributed by atoms with E-state index in [1.165, 1.54) is 11.5 Å². The maximum absolute atomic E-state index is 13.8. The van der Waals surface area contributed by atoms with Crippen LogP contribution in [0.3, 0.4) is 0 Å². The Morgan fingerprint density at radius 2 is 2.33 bits per heavy atom. The molecule has 1 aliphatic rings. The summed E-state index contributed by atoms with van der Waals surface area (Å²) in [6, 6.07) is 0. The van der Waals surface area contributed by atoms with Gasteiger partial charge in [0.15, 0.2) is 17.8 Å². The third-order valence-corrected chi connectivity index (χ3v) is 2.96. The highest BCUT2D eigenvalue weighted by atomic mass is 32.1. The summed E-state index contributed by atoms with van der Waals surface area (Å²) in [5.74, 6) is -0.471. The fourth-order valence-corrected chi connectivity index (χ4v) is 1.73. The van der Waals surface area contributed by atoms with E-state index in [0.29, 0.717) is 18.1 Å². The second kappa shape index (κ2) is 6.83. The van der Waals surface area contributed by atoms with Crippen LogP contribution in [0.5, 0.6) is 0 Å². The van der Waals surface area contributed by atoms with Gasteiger partial charge in [0.2, 0.25) is 0 Å². The van der Waals surface area contributed by atoms with Crippen molar-refractivity contribution >= 4 is 12.6 Å². The summed E-state index contributed by atoms with van der Waals surface area (Å²) in [6.07, 6.45) is 0.513. The smallest absolute Gasteiger partial charge is 0.166 e. The number of alkyl halides is 1. The van der Waals surface area contributed by atoms with E-state index in [1.54, 1.807) is 0 Å². The molecule has 0 spiro atoms. The molecular formula is C13H19F2NOS. The molecule has 0 aromatic heterocycles. The number of hydrogen-bond acceptors (Lipinski definition) is 3. The summed E-state index contributed by atoms with van der Waals surface area (Å²) in [6.45, 7) is 4.37. The van der Waals surface area contributed by atoms with Gasteiger partial charge in [0.05, 0.1) is 6.61 Å². The molecule has 18 heavy (non-hydrogen) atoms. The van der Waals surface area contributed by atoms with E-state index in [9.17, 15) is 8.78 Å². The molecule has 102 valence electrons. The van der Waals surface area contributed by atoms with Crippen LogP contribution in [0.2, 0.25) is 0 Å². The first kappa shape index (κ1) is 15.1. The lowest BCUT2D eigenvalue weighted by atomic mass is 9.99. The predicted molar refractivity (Wildman–Crippen MR) is 72.4 cm³/mol. The van der Waals surface area contributed by atoms with Crippen molar-refractivity contribution in [1.29, 1.82) is 0 Å². The Hall–Kier alpha value is -0.970. The first-order valence-electron chi connectivity index (χ1n) is 5.93. The Kier molecular flexibility index (Phi) is 5.72. The molecular weight excluding hydrogens is 256 g/mol. The Morgan fingerprint density at radius 3 is 2.83 bits per heavy atom. The largest absolute Gasteiger partial charge is 0.492 e. The van der Waals surface area contributed by atoms with Gasteiger partial charge in [-0.25, -0.2) is 8.78 Å². The number of rotatable bonds is 5. The van der Waals surface area contributed by atoms with Gasteiger partial charge >= 0.3 is 0 Å². The van der Waals surface area contributed by atoms with Gasteiger partial charge in [-0.05, 0) is 29.4 Å². The number of nitrogens with two attached hydrogens (primary N) is 1. The maximum atomic E-state index is 13.8. The number of halogens is 2. The van der Waals surface area contributed by atoms with Crippen molar-refractivity contribution in [1.82, 2.24) is 0 Å². The van der Waals surface area contributed by atoms with Crippen molar-refractivity contribution in [3.63, 3.8) is 0 Å². The average Bonchev–Trinajstić information content (AvgIpc) is 2.31. The van der Waals surface area contributed by atoms with Gasteiger partial charge in [-0.3, -0.25) is 0 Å². The third kappa shape index (κ3) is 4.05. The molecule has 0 heterocycles. The summed E-state index contributed by atoms with van der Waals surface area (Å²) in [5, 5.41) is 1.33. The highest BCUT2D eigenvalue weighted by molar-refractivity contribution is 7.83. The van der Waals surface area contributed by atoms with E-state index >= 15 is 0 Å². The lowest BCUT2D eigenvalue weighted by Crippen LogP contribution is -2.18. The highest BCUT2D eigenvalue weighted by Gasteiger charge is 2.26. The van der Waals surface area contributed by atoms with Crippen LogP contribution in [0.25, 0.3) is 0 Å². The molecule has 0 amide bonds. The topological polar surface area (TPSA) is 35.2 Å². The van der Waals surface area contributed by atoms with E-state index in [4.69, 9.17) is 10.5 Å². The molecule has 0 aromatic carbocycles.